The molecule has 2 rings (SSSR count). The van der Waals surface area contributed by atoms with Crippen molar-refractivity contribution < 1.29 is 40.2 Å². The molecular weight excluding hydrogens is 293 g/mol. The molecule has 0 N–H and O–H groups in total. The van der Waals surface area contributed by atoms with Crippen LogP contribution in [0.2, 0.25) is 0 Å². The Morgan fingerprint density at radius 3 is 2.33 bits per heavy atom. The SMILES string of the molecule is CS(=O)(=O)c1snc2cc(S(=O)(=O)[O-])ccc12.[Li+]. The third-order valence-corrected chi connectivity index (χ3v) is 5.57. The average Bonchev–Trinajstić information content (AvgIpc) is 2.57. The summed E-state index contributed by atoms with van der Waals surface area (Å²) in [5, 5.41) is 0.324. The fourth-order valence-electron chi connectivity index (χ4n) is 1.32. The molecule has 0 saturated carbocycles. The molecule has 92 valence electrons. The molecule has 0 aliphatic rings. The molecule has 10 heteroatoms. The normalized spacial score (nSPS) is 12.3. The largest absolute Gasteiger partial charge is 1.00 e. The predicted molar refractivity (Wildman–Crippen MR) is 60.7 cm³/mol. The van der Waals surface area contributed by atoms with Gasteiger partial charge in [0.2, 0.25) is 0 Å². The van der Waals surface area contributed by atoms with Crippen LogP contribution in [-0.4, -0.2) is 32.0 Å². The first-order valence-corrected chi connectivity index (χ1v) is 8.32. The first-order valence-electron chi connectivity index (χ1n) is 4.25. The Balaban J connectivity index is 0.00000162. The summed E-state index contributed by atoms with van der Waals surface area (Å²) in [6.45, 7) is 0. The molecule has 0 spiro atoms. The van der Waals surface area contributed by atoms with E-state index in [2.05, 4.69) is 4.37 Å². The van der Waals surface area contributed by atoms with Crippen LogP contribution in [0.25, 0.3) is 10.9 Å². The number of benzene rings is 1. The van der Waals surface area contributed by atoms with Crippen molar-refractivity contribution in [3.05, 3.63) is 18.2 Å². The van der Waals surface area contributed by atoms with Gasteiger partial charge in [0.05, 0.1) is 10.4 Å². The summed E-state index contributed by atoms with van der Waals surface area (Å²) in [4.78, 5) is -0.421. The standard InChI is InChI=1S/C8H7NO5S3.Li/c1-16(10,11)8-6-3-2-5(17(12,13)14)4-7(6)9-15-8;/h2-4H,1H3,(H,12,13,14);/q;+1/p-1. The van der Waals surface area contributed by atoms with Crippen molar-refractivity contribution in [2.75, 3.05) is 6.26 Å². The number of hydrogen-bond donors (Lipinski definition) is 0. The van der Waals surface area contributed by atoms with E-state index >= 15 is 0 Å². The van der Waals surface area contributed by atoms with Crippen LogP contribution in [0.1, 0.15) is 0 Å². The molecular formula is C8H6LiNO5S3. The van der Waals surface area contributed by atoms with Crippen LogP contribution in [0, 0.1) is 0 Å². The molecule has 1 heterocycles. The number of aromatic nitrogens is 1. The van der Waals surface area contributed by atoms with Gasteiger partial charge in [0.15, 0.2) is 9.84 Å². The summed E-state index contributed by atoms with van der Waals surface area (Å²) in [6.07, 6.45) is 1.04. The predicted octanol–water partition coefficient (Wildman–Crippen LogP) is -2.39. The number of sulfone groups is 1. The molecule has 0 atom stereocenters. The van der Waals surface area contributed by atoms with Crippen molar-refractivity contribution in [3.8, 4) is 0 Å². The maximum atomic E-state index is 11.4. The average molecular weight is 299 g/mol. The summed E-state index contributed by atoms with van der Waals surface area (Å²) in [5.41, 5.74) is 0.187. The quantitative estimate of drug-likeness (QED) is 0.452. The molecule has 0 aliphatic heterocycles. The maximum absolute atomic E-state index is 11.4. The second-order valence-corrected chi connectivity index (χ2v) is 7.74. The van der Waals surface area contributed by atoms with Gasteiger partial charge in [0.25, 0.3) is 0 Å². The number of rotatable bonds is 2. The van der Waals surface area contributed by atoms with Gasteiger partial charge in [-0.05, 0) is 29.7 Å². The fraction of sp³-hybridized carbons (Fsp3) is 0.125. The summed E-state index contributed by atoms with van der Waals surface area (Å²) < 4.78 is 59.0. The minimum Gasteiger partial charge on any atom is -0.744 e. The summed E-state index contributed by atoms with van der Waals surface area (Å²) in [6, 6.07) is 3.43. The van der Waals surface area contributed by atoms with Gasteiger partial charge in [-0.25, -0.2) is 16.8 Å². The van der Waals surface area contributed by atoms with Gasteiger partial charge in [-0.1, -0.05) is 0 Å². The molecule has 0 unspecified atom stereocenters. The zero-order chi connectivity index (χ0) is 12.8. The minimum absolute atomic E-state index is 0. The summed E-state index contributed by atoms with van der Waals surface area (Å²) in [7, 11) is -7.96. The van der Waals surface area contributed by atoms with E-state index in [-0.39, 0.29) is 28.6 Å². The van der Waals surface area contributed by atoms with Crippen LogP contribution in [0.3, 0.4) is 0 Å². The van der Waals surface area contributed by atoms with E-state index in [0.29, 0.717) is 5.39 Å². The molecule has 2 aromatic rings. The Bertz CT molecular complexity index is 793. The van der Waals surface area contributed by atoms with Gasteiger partial charge in [-0.15, -0.1) is 0 Å². The van der Waals surface area contributed by atoms with E-state index in [1.165, 1.54) is 6.07 Å². The fourth-order valence-corrected chi connectivity index (χ4v) is 3.64. The van der Waals surface area contributed by atoms with E-state index in [4.69, 9.17) is 0 Å². The van der Waals surface area contributed by atoms with E-state index < -0.39 is 24.9 Å². The smallest absolute Gasteiger partial charge is 0.744 e. The molecule has 0 amide bonds. The van der Waals surface area contributed by atoms with Crippen LogP contribution in [0.4, 0.5) is 0 Å². The van der Waals surface area contributed by atoms with Crippen molar-refractivity contribution in [1.29, 1.82) is 0 Å². The Kier molecular flexibility index (Phi) is 4.27. The molecule has 0 bridgehead atoms. The monoisotopic (exact) mass is 299 g/mol. The number of fused-ring (bicyclic) bond motifs is 1. The second kappa shape index (κ2) is 4.92. The molecule has 6 nitrogen and oxygen atoms in total. The number of hydrogen-bond acceptors (Lipinski definition) is 7. The van der Waals surface area contributed by atoms with Crippen molar-refractivity contribution in [2.24, 2.45) is 0 Å². The number of nitrogens with zero attached hydrogens (tertiary/aromatic N) is 1. The minimum atomic E-state index is -4.56. The Labute approximate surface area is 120 Å². The first-order chi connectivity index (χ1) is 7.69. The maximum Gasteiger partial charge on any atom is 1.00 e. The summed E-state index contributed by atoms with van der Waals surface area (Å²) >= 11 is 0.754. The van der Waals surface area contributed by atoms with Gasteiger partial charge >= 0.3 is 18.9 Å². The molecule has 1 aromatic carbocycles. The van der Waals surface area contributed by atoms with Crippen LogP contribution < -0.4 is 18.9 Å². The molecule has 1 aromatic heterocycles. The molecule has 0 radical (unpaired) electrons. The third kappa shape index (κ3) is 2.93. The van der Waals surface area contributed by atoms with Crippen molar-refractivity contribution in [2.45, 2.75) is 9.10 Å². The first kappa shape index (κ1) is 15.6. The topological polar surface area (TPSA) is 104 Å². The van der Waals surface area contributed by atoms with E-state index in [1.54, 1.807) is 0 Å². The van der Waals surface area contributed by atoms with E-state index in [9.17, 15) is 21.4 Å². The van der Waals surface area contributed by atoms with Crippen LogP contribution >= 0.6 is 11.5 Å². The van der Waals surface area contributed by atoms with Crippen molar-refractivity contribution >= 4 is 42.4 Å². The van der Waals surface area contributed by atoms with E-state index in [1.807, 2.05) is 0 Å². The Morgan fingerprint density at radius 2 is 1.83 bits per heavy atom. The third-order valence-electron chi connectivity index (χ3n) is 2.04. The van der Waals surface area contributed by atoms with Gasteiger partial charge in [-0.2, -0.15) is 4.37 Å². The molecule has 18 heavy (non-hydrogen) atoms. The Morgan fingerprint density at radius 1 is 1.22 bits per heavy atom. The van der Waals surface area contributed by atoms with Gasteiger partial charge in [0, 0.05) is 11.6 Å². The van der Waals surface area contributed by atoms with Crippen molar-refractivity contribution in [1.82, 2.24) is 4.37 Å². The van der Waals surface area contributed by atoms with E-state index in [0.717, 1.165) is 29.9 Å². The van der Waals surface area contributed by atoms with Gasteiger partial charge in [-0.3, -0.25) is 0 Å². The zero-order valence-electron chi connectivity index (χ0n) is 9.45. The van der Waals surface area contributed by atoms with Crippen molar-refractivity contribution in [3.63, 3.8) is 0 Å². The Hall–Kier alpha value is -0.433. The van der Waals surface area contributed by atoms with Gasteiger partial charge in [0.1, 0.15) is 14.3 Å². The zero-order valence-corrected chi connectivity index (χ0v) is 11.9. The van der Waals surface area contributed by atoms with Crippen LogP contribution in [-0.2, 0) is 20.0 Å². The van der Waals surface area contributed by atoms with Crippen LogP contribution in [0.15, 0.2) is 27.3 Å². The molecule has 0 fully saturated rings. The summed E-state index contributed by atoms with van der Waals surface area (Å²) in [5.74, 6) is 0. The van der Waals surface area contributed by atoms with Crippen LogP contribution in [0.5, 0.6) is 0 Å². The molecule has 0 aliphatic carbocycles. The van der Waals surface area contributed by atoms with Gasteiger partial charge < -0.3 is 4.55 Å². The second-order valence-electron chi connectivity index (χ2n) is 3.38. The molecule has 0 saturated heterocycles.